The number of esters is 1. The van der Waals surface area contributed by atoms with E-state index in [-0.39, 0.29) is 11.5 Å². The minimum Gasteiger partial charge on any atom is -0.507 e. The van der Waals surface area contributed by atoms with Crippen molar-refractivity contribution in [1.29, 1.82) is 0 Å². The highest BCUT2D eigenvalue weighted by atomic mass is 16.5. The zero-order valence-electron chi connectivity index (χ0n) is 17.5. The number of phenols is 1. The molecule has 0 aliphatic heterocycles. The minimum absolute atomic E-state index is 0.00579. The van der Waals surface area contributed by atoms with Gasteiger partial charge in [0.1, 0.15) is 28.4 Å². The van der Waals surface area contributed by atoms with Crippen molar-refractivity contribution in [1.82, 2.24) is 0 Å². The number of aliphatic hydroxyl groups is 1. The molecular formula is C23H30O5. The van der Waals surface area contributed by atoms with Crippen LogP contribution in [0, 0.1) is 0 Å². The van der Waals surface area contributed by atoms with Crippen molar-refractivity contribution >= 4 is 16.9 Å². The van der Waals surface area contributed by atoms with E-state index in [4.69, 9.17) is 9.15 Å². The van der Waals surface area contributed by atoms with Crippen LogP contribution in [0.5, 0.6) is 11.5 Å². The maximum Gasteiger partial charge on any atom is 0.308 e. The molecule has 0 aliphatic carbocycles. The van der Waals surface area contributed by atoms with E-state index in [0.717, 1.165) is 12.8 Å². The average molecular weight is 386 g/mol. The molecule has 0 saturated heterocycles. The van der Waals surface area contributed by atoms with Crippen molar-refractivity contribution in [3.63, 3.8) is 0 Å². The highest BCUT2D eigenvalue weighted by molar-refractivity contribution is 5.90. The van der Waals surface area contributed by atoms with Crippen LogP contribution in [0.1, 0.15) is 65.7 Å². The van der Waals surface area contributed by atoms with Gasteiger partial charge in [-0.2, -0.15) is 0 Å². The third-order valence-corrected chi connectivity index (χ3v) is 4.45. The summed E-state index contributed by atoms with van der Waals surface area (Å²) < 4.78 is 11.1. The van der Waals surface area contributed by atoms with E-state index in [2.05, 4.69) is 19.9 Å². The predicted octanol–water partition coefficient (Wildman–Crippen LogP) is 5.53. The quantitative estimate of drug-likeness (QED) is 0.372. The van der Waals surface area contributed by atoms with E-state index in [1.807, 2.05) is 13.0 Å². The number of aromatic hydroxyl groups is 1. The summed E-state index contributed by atoms with van der Waals surface area (Å²) in [5, 5.41) is 21.3. The van der Waals surface area contributed by atoms with Gasteiger partial charge in [0.05, 0.1) is 5.39 Å². The molecule has 0 atom stereocenters. The van der Waals surface area contributed by atoms with Gasteiger partial charge in [0.2, 0.25) is 0 Å². The number of allylic oxidation sites excluding steroid dienone is 4. The van der Waals surface area contributed by atoms with Crippen LogP contribution in [-0.4, -0.2) is 16.2 Å². The van der Waals surface area contributed by atoms with E-state index in [9.17, 15) is 15.0 Å². The Kier molecular flexibility index (Phi) is 6.73. The summed E-state index contributed by atoms with van der Waals surface area (Å²) in [4.78, 5) is 11.7. The van der Waals surface area contributed by atoms with Gasteiger partial charge >= 0.3 is 5.97 Å². The van der Waals surface area contributed by atoms with Crippen LogP contribution in [0.4, 0.5) is 0 Å². The summed E-state index contributed by atoms with van der Waals surface area (Å²) in [6.07, 6.45) is 6.53. The SMILES string of the molecule is CC(=O)Oc1c(C/C=C(\C)CCC=C(C)C)c(O)cc2oc(C(C)(C)O)cc12. The van der Waals surface area contributed by atoms with Gasteiger partial charge in [-0.15, -0.1) is 0 Å². The molecule has 0 unspecified atom stereocenters. The number of carbonyl (C=O) groups excluding carboxylic acids is 1. The first-order valence-corrected chi connectivity index (χ1v) is 9.47. The maximum absolute atomic E-state index is 11.7. The predicted molar refractivity (Wildman–Crippen MR) is 111 cm³/mol. The van der Waals surface area contributed by atoms with Crippen LogP contribution < -0.4 is 4.74 Å². The average Bonchev–Trinajstić information content (AvgIpc) is 2.97. The van der Waals surface area contributed by atoms with Crippen molar-refractivity contribution in [2.75, 3.05) is 0 Å². The van der Waals surface area contributed by atoms with Gasteiger partial charge < -0.3 is 19.4 Å². The largest absolute Gasteiger partial charge is 0.507 e. The van der Waals surface area contributed by atoms with E-state index >= 15 is 0 Å². The Morgan fingerprint density at radius 2 is 1.86 bits per heavy atom. The molecule has 1 aromatic carbocycles. The number of benzene rings is 1. The molecule has 2 aromatic rings. The van der Waals surface area contributed by atoms with Gasteiger partial charge in [-0.3, -0.25) is 4.79 Å². The Hall–Kier alpha value is -2.53. The first kappa shape index (κ1) is 21.8. The summed E-state index contributed by atoms with van der Waals surface area (Å²) in [7, 11) is 0. The van der Waals surface area contributed by atoms with Crippen molar-refractivity contribution in [3.05, 3.63) is 46.8 Å². The van der Waals surface area contributed by atoms with Gasteiger partial charge in [0.25, 0.3) is 0 Å². The van der Waals surface area contributed by atoms with Crippen LogP contribution in [0.2, 0.25) is 0 Å². The number of hydrogen-bond acceptors (Lipinski definition) is 5. The molecule has 0 amide bonds. The van der Waals surface area contributed by atoms with Gasteiger partial charge in [-0.05, 0) is 59.9 Å². The fraction of sp³-hybridized carbons (Fsp3) is 0.435. The number of ether oxygens (including phenoxy) is 1. The second-order valence-corrected chi connectivity index (χ2v) is 7.95. The number of rotatable bonds is 7. The molecule has 5 heteroatoms. The Labute approximate surface area is 166 Å². The van der Waals surface area contributed by atoms with E-state index in [0.29, 0.717) is 28.7 Å². The minimum atomic E-state index is -1.19. The third kappa shape index (κ3) is 5.49. The Balaban J connectivity index is 2.44. The number of carbonyl (C=O) groups is 1. The molecule has 1 aromatic heterocycles. The second kappa shape index (κ2) is 8.65. The van der Waals surface area contributed by atoms with Gasteiger partial charge in [0.15, 0.2) is 0 Å². The normalized spacial score (nSPS) is 12.3. The summed E-state index contributed by atoms with van der Waals surface area (Å²) in [5.41, 5.74) is 2.17. The molecule has 2 rings (SSSR count). The number of phenolic OH excluding ortho intramolecular Hbond substituents is 1. The Morgan fingerprint density at radius 1 is 1.18 bits per heavy atom. The van der Waals surface area contributed by atoms with Crippen LogP contribution in [0.15, 0.2) is 39.8 Å². The molecule has 28 heavy (non-hydrogen) atoms. The summed E-state index contributed by atoms with van der Waals surface area (Å²) in [6, 6.07) is 3.15. The van der Waals surface area contributed by atoms with E-state index in [1.165, 1.54) is 24.1 Å². The Morgan fingerprint density at radius 3 is 2.43 bits per heavy atom. The standard InChI is InChI=1S/C23H30O5/c1-14(2)8-7-9-15(3)10-11-17-19(25)13-20-18(22(17)27-16(4)24)12-21(28-20)23(5,6)26/h8,10,12-13,25-26H,7,9,11H2,1-6H3/b15-10+. The summed E-state index contributed by atoms with van der Waals surface area (Å²) >= 11 is 0. The van der Waals surface area contributed by atoms with E-state index in [1.54, 1.807) is 19.9 Å². The summed E-state index contributed by atoms with van der Waals surface area (Å²) in [6.45, 7) is 10.7. The van der Waals surface area contributed by atoms with Crippen LogP contribution in [0.25, 0.3) is 11.0 Å². The first-order valence-electron chi connectivity index (χ1n) is 9.47. The van der Waals surface area contributed by atoms with Gasteiger partial charge in [-0.25, -0.2) is 0 Å². The monoisotopic (exact) mass is 386 g/mol. The third-order valence-electron chi connectivity index (χ3n) is 4.45. The molecule has 0 radical (unpaired) electrons. The lowest BCUT2D eigenvalue weighted by molar-refractivity contribution is -0.131. The Bertz CT molecular complexity index is 919. The molecule has 0 spiro atoms. The lowest BCUT2D eigenvalue weighted by Crippen LogP contribution is -2.13. The summed E-state index contributed by atoms with van der Waals surface area (Å²) in [5.74, 6) is 0.119. The highest BCUT2D eigenvalue weighted by Crippen LogP contribution is 2.40. The van der Waals surface area contributed by atoms with E-state index < -0.39 is 11.6 Å². The number of fused-ring (bicyclic) bond motifs is 1. The van der Waals surface area contributed by atoms with Crippen molar-refractivity contribution in [2.24, 2.45) is 0 Å². The fourth-order valence-corrected chi connectivity index (χ4v) is 2.91. The molecule has 0 bridgehead atoms. The van der Waals surface area contributed by atoms with Crippen LogP contribution >= 0.6 is 0 Å². The molecule has 0 fully saturated rings. The lowest BCUT2D eigenvalue weighted by Gasteiger charge is -2.12. The molecular weight excluding hydrogens is 356 g/mol. The molecule has 5 nitrogen and oxygen atoms in total. The maximum atomic E-state index is 11.7. The van der Waals surface area contributed by atoms with Crippen molar-refractivity contribution in [2.45, 2.75) is 66.4 Å². The number of hydrogen-bond donors (Lipinski definition) is 2. The zero-order chi connectivity index (χ0) is 21.1. The zero-order valence-corrected chi connectivity index (χ0v) is 17.5. The van der Waals surface area contributed by atoms with Crippen molar-refractivity contribution < 1.29 is 24.2 Å². The molecule has 152 valence electrons. The molecule has 0 aliphatic rings. The number of furan rings is 1. The topological polar surface area (TPSA) is 79.9 Å². The smallest absolute Gasteiger partial charge is 0.308 e. The molecule has 0 saturated carbocycles. The fourth-order valence-electron chi connectivity index (χ4n) is 2.91. The van der Waals surface area contributed by atoms with Gasteiger partial charge in [-0.1, -0.05) is 23.3 Å². The molecule has 1 heterocycles. The first-order chi connectivity index (χ1) is 13.0. The van der Waals surface area contributed by atoms with Gasteiger partial charge in [0, 0.05) is 18.6 Å². The second-order valence-electron chi connectivity index (χ2n) is 7.95. The lowest BCUT2D eigenvalue weighted by atomic mass is 10.0. The highest BCUT2D eigenvalue weighted by Gasteiger charge is 2.25. The van der Waals surface area contributed by atoms with Crippen molar-refractivity contribution in [3.8, 4) is 11.5 Å². The van der Waals surface area contributed by atoms with Crippen LogP contribution in [0.3, 0.4) is 0 Å². The molecule has 2 N–H and O–H groups in total. The van der Waals surface area contributed by atoms with Crippen LogP contribution in [-0.2, 0) is 16.8 Å².